The highest BCUT2D eigenvalue weighted by molar-refractivity contribution is 5.74. The van der Waals surface area contributed by atoms with Crippen molar-refractivity contribution < 1.29 is 0 Å². The molecule has 96 valence electrons. The van der Waals surface area contributed by atoms with Gasteiger partial charge in [-0.05, 0) is 31.4 Å². The van der Waals surface area contributed by atoms with Gasteiger partial charge in [-0.3, -0.25) is 4.68 Å². The number of nitrogen functional groups attached to an aromatic ring is 1. The third kappa shape index (κ3) is 2.55. The molecule has 0 amide bonds. The molecular formula is C15H21N3. The Balaban J connectivity index is 2.44. The van der Waals surface area contributed by atoms with Crippen LogP contribution >= 0.6 is 0 Å². The average Bonchev–Trinajstić information content (AvgIpc) is 2.62. The van der Waals surface area contributed by atoms with E-state index in [1.807, 2.05) is 10.9 Å². The zero-order valence-electron chi connectivity index (χ0n) is 11.6. The van der Waals surface area contributed by atoms with Crippen LogP contribution in [0.5, 0.6) is 0 Å². The van der Waals surface area contributed by atoms with Gasteiger partial charge in [0.25, 0.3) is 0 Å². The van der Waals surface area contributed by atoms with Gasteiger partial charge in [0.05, 0.1) is 5.69 Å². The summed E-state index contributed by atoms with van der Waals surface area (Å²) in [7, 11) is 0. The molecule has 0 fully saturated rings. The van der Waals surface area contributed by atoms with Gasteiger partial charge >= 0.3 is 0 Å². The predicted octanol–water partition coefficient (Wildman–Crippen LogP) is 3.41. The fourth-order valence-electron chi connectivity index (χ4n) is 2.10. The molecule has 3 heteroatoms. The normalized spacial score (nSPS) is 11.2. The summed E-state index contributed by atoms with van der Waals surface area (Å²) in [6.07, 6.45) is 1.93. The van der Waals surface area contributed by atoms with Gasteiger partial charge in [-0.15, -0.1) is 0 Å². The molecule has 0 unspecified atom stereocenters. The van der Waals surface area contributed by atoms with Crippen molar-refractivity contribution in [3.05, 3.63) is 35.5 Å². The molecule has 0 aliphatic rings. The van der Waals surface area contributed by atoms with E-state index in [0.29, 0.717) is 5.92 Å². The number of anilines is 1. The molecule has 1 aromatic heterocycles. The summed E-state index contributed by atoms with van der Waals surface area (Å²) >= 11 is 0. The number of nitrogens with two attached hydrogens (primary N) is 1. The van der Waals surface area contributed by atoms with Gasteiger partial charge < -0.3 is 5.73 Å². The number of hydrogen-bond acceptors (Lipinski definition) is 2. The molecule has 1 aromatic carbocycles. The molecular weight excluding hydrogens is 222 g/mol. The minimum Gasteiger partial charge on any atom is -0.396 e. The minimum absolute atomic E-state index is 0.566. The number of nitrogens with zero attached hydrogens (tertiary/aromatic N) is 2. The van der Waals surface area contributed by atoms with E-state index in [4.69, 9.17) is 5.73 Å². The molecule has 0 aliphatic carbocycles. The first-order valence-electron chi connectivity index (χ1n) is 6.38. The van der Waals surface area contributed by atoms with E-state index in [2.05, 4.69) is 51.0 Å². The molecule has 2 aromatic rings. The van der Waals surface area contributed by atoms with E-state index >= 15 is 0 Å². The van der Waals surface area contributed by atoms with Gasteiger partial charge in [0, 0.05) is 18.3 Å². The first kappa shape index (κ1) is 12.7. The van der Waals surface area contributed by atoms with Crippen molar-refractivity contribution in [3.8, 4) is 11.3 Å². The lowest BCUT2D eigenvalue weighted by Gasteiger charge is -2.06. The maximum absolute atomic E-state index is 6.08. The van der Waals surface area contributed by atoms with Gasteiger partial charge in [0.2, 0.25) is 0 Å². The Bertz CT molecular complexity index is 553. The van der Waals surface area contributed by atoms with E-state index in [1.54, 1.807) is 0 Å². The third-order valence-corrected chi connectivity index (χ3v) is 2.99. The fourth-order valence-corrected chi connectivity index (χ4v) is 2.10. The van der Waals surface area contributed by atoms with Crippen molar-refractivity contribution in [3.63, 3.8) is 0 Å². The Morgan fingerprint density at radius 2 is 2.00 bits per heavy atom. The van der Waals surface area contributed by atoms with Crippen LogP contribution in [0.25, 0.3) is 11.3 Å². The van der Waals surface area contributed by atoms with Crippen molar-refractivity contribution in [1.82, 2.24) is 9.78 Å². The second kappa shape index (κ2) is 4.84. The monoisotopic (exact) mass is 243 g/mol. The van der Waals surface area contributed by atoms with Gasteiger partial charge in [-0.1, -0.05) is 31.5 Å². The molecule has 2 rings (SSSR count). The predicted molar refractivity (Wildman–Crippen MR) is 76.4 cm³/mol. The van der Waals surface area contributed by atoms with Crippen LogP contribution in [0, 0.1) is 19.8 Å². The van der Waals surface area contributed by atoms with Crippen LogP contribution in [-0.4, -0.2) is 9.78 Å². The van der Waals surface area contributed by atoms with E-state index < -0.39 is 0 Å². The quantitative estimate of drug-likeness (QED) is 0.897. The molecule has 0 saturated carbocycles. The van der Waals surface area contributed by atoms with E-state index in [1.165, 1.54) is 11.1 Å². The van der Waals surface area contributed by atoms with Crippen LogP contribution in [0.4, 0.5) is 5.69 Å². The van der Waals surface area contributed by atoms with Crippen LogP contribution in [-0.2, 0) is 6.54 Å². The Labute approximate surface area is 109 Å². The number of hydrogen-bond donors (Lipinski definition) is 1. The number of rotatable bonds is 3. The molecule has 0 saturated heterocycles. The maximum Gasteiger partial charge on any atom is 0.115 e. The topological polar surface area (TPSA) is 43.8 Å². The van der Waals surface area contributed by atoms with Crippen LogP contribution in [0.1, 0.15) is 25.0 Å². The number of aromatic nitrogens is 2. The largest absolute Gasteiger partial charge is 0.396 e. The highest BCUT2D eigenvalue weighted by atomic mass is 15.3. The Hall–Kier alpha value is -1.77. The molecule has 0 spiro atoms. The second-order valence-corrected chi connectivity index (χ2v) is 5.37. The van der Waals surface area contributed by atoms with Crippen molar-refractivity contribution in [2.75, 3.05) is 5.73 Å². The molecule has 18 heavy (non-hydrogen) atoms. The highest BCUT2D eigenvalue weighted by Gasteiger charge is 2.11. The maximum atomic E-state index is 6.08. The standard InChI is InChI=1S/C15H21N3/c1-10(2)8-18-9-14(16)15(17-18)13-7-11(3)5-6-12(13)4/h5-7,9-10H,8,16H2,1-4H3. The summed E-state index contributed by atoms with van der Waals surface area (Å²) in [5.74, 6) is 0.566. The van der Waals surface area contributed by atoms with E-state index in [0.717, 1.165) is 23.5 Å². The van der Waals surface area contributed by atoms with Crippen molar-refractivity contribution >= 4 is 5.69 Å². The Morgan fingerprint density at radius 1 is 1.28 bits per heavy atom. The highest BCUT2D eigenvalue weighted by Crippen LogP contribution is 2.28. The third-order valence-electron chi connectivity index (χ3n) is 2.99. The first-order valence-corrected chi connectivity index (χ1v) is 6.38. The number of aryl methyl sites for hydroxylation is 2. The van der Waals surface area contributed by atoms with E-state index in [9.17, 15) is 0 Å². The average molecular weight is 243 g/mol. The summed E-state index contributed by atoms with van der Waals surface area (Å²) in [5, 5.41) is 4.61. The smallest absolute Gasteiger partial charge is 0.115 e. The van der Waals surface area contributed by atoms with Crippen molar-refractivity contribution in [2.24, 2.45) is 5.92 Å². The van der Waals surface area contributed by atoms with Gasteiger partial charge in [0.1, 0.15) is 5.69 Å². The zero-order valence-corrected chi connectivity index (χ0v) is 11.6. The summed E-state index contributed by atoms with van der Waals surface area (Å²) in [6, 6.07) is 6.37. The Morgan fingerprint density at radius 3 is 2.67 bits per heavy atom. The molecule has 0 bridgehead atoms. The second-order valence-electron chi connectivity index (χ2n) is 5.37. The van der Waals surface area contributed by atoms with Crippen molar-refractivity contribution in [1.29, 1.82) is 0 Å². The van der Waals surface area contributed by atoms with Crippen molar-refractivity contribution in [2.45, 2.75) is 34.2 Å². The lowest BCUT2D eigenvalue weighted by atomic mass is 10.0. The zero-order chi connectivity index (χ0) is 13.3. The van der Waals surface area contributed by atoms with Crippen LogP contribution in [0.2, 0.25) is 0 Å². The van der Waals surface area contributed by atoms with Crippen LogP contribution < -0.4 is 5.73 Å². The summed E-state index contributed by atoms with van der Waals surface area (Å²) in [4.78, 5) is 0. The SMILES string of the molecule is Cc1ccc(C)c(-c2nn(CC(C)C)cc2N)c1. The number of benzene rings is 1. The van der Waals surface area contributed by atoms with Gasteiger partial charge in [-0.25, -0.2) is 0 Å². The lowest BCUT2D eigenvalue weighted by molar-refractivity contribution is 0.484. The summed E-state index contributed by atoms with van der Waals surface area (Å²) < 4.78 is 1.94. The summed E-state index contributed by atoms with van der Waals surface area (Å²) in [5.41, 5.74) is 11.3. The molecule has 2 N–H and O–H groups in total. The summed E-state index contributed by atoms with van der Waals surface area (Å²) in [6.45, 7) is 9.43. The molecule has 0 atom stereocenters. The van der Waals surface area contributed by atoms with Gasteiger partial charge in [0.15, 0.2) is 0 Å². The molecule has 3 nitrogen and oxygen atoms in total. The minimum atomic E-state index is 0.566. The van der Waals surface area contributed by atoms with Gasteiger partial charge in [-0.2, -0.15) is 5.10 Å². The van der Waals surface area contributed by atoms with E-state index in [-0.39, 0.29) is 0 Å². The van der Waals surface area contributed by atoms with Crippen LogP contribution in [0.3, 0.4) is 0 Å². The molecule has 0 radical (unpaired) electrons. The molecule has 1 heterocycles. The Kier molecular flexibility index (Phi) is 3.41. The molecule has 0 aliphatic heterocycles. The fraction of sp³-hybridized carbons (Fsp3) is 0.400. The van der Waals surface area contributed by atoms with Crippen LogP contribution in [0.15, 0.2) is 24.4 Å². The first-order chi connectivity index (χ1) is 8.47. The lowest BCUT2D eigenvalue weighted by Crippen LogP contribution is -2.04.